The number of hydrogen-bond acceptors (Lipinski definition) is 2. The first-order valence-electron chi connectivity index (χ1n) is 4.82. The molecule has 5 heteroatoms. The molecule has 1 rings (SSSR count). The largest absolute Gasteiger partial charge is 0.389 e. The summed E-state index contributed by atoms with van der Waals surface area (Å²) in [4.78, 5) is 3.06. The lowest BCUT2D eigenvalue weighted by Gasteiger charge is -2.02. The van der Waals surface area contributed by atoms with Crippen LogP contribution in [0.3, 0.4) is 0 Å². The summed E-state index contributed by atoms with van der Waals surface area (Å²) in [6.45, 7) is 0.461. The SMILES string of the molecule is [N-]=[N+]=NCCC=Cc1ccccc1C(N)=S. The molecule has 1 aromatic carbocycles. The number of benzene rings is 1. The van der Waals surface area contributed by atoms with Crippen LogP contribution >= 0.6 is 12.2 Å². The molecule has 0 bridgehead atoms. The van der Waals surface area contributed by atoms with Gasteiger partial charge in [-0.3, -0.25) is 0 Å². The summed E-state index contributed by atoms with van der Waals surface area (Å²) in [5.74, 6) is 0. The Bertz CT molecular complexity index is 447. The van der Waals surface area contributed by atoms with E-state index < -0.39 is 0 Å². The molecule has 0 aliphatic heterocycles. The van der Waals surface area contributed by atoms with Gasteiger partial charge >= 0.3 is 0 Å². The fourth-order valence-electron chi connectivity index (χ4n) is 1.25. The van der Waals surface area contributed by atoms with Crippen molar-refractivity contribution in [3.05, 3.63) is 51.9 Å². The Kier molecular flexibility index (Phi) is 5.05. The Morgan fingerprint density at radius 3 is 2.94 bits per heavy atom. The molecule has 0 fully saturated rings. The maximum atomic E-state index is 8.10. The van der Waals surface area contributed by atoms with Gasteiger partial charge in [0.15, 0.2) is 0 Å². The molecule has 1 aromatic rings. The van der Waals surface area contributed by atoms with Gasteiger partial charge in [-0.1, -0.05) is 53.7 Å². The third-order valence-electron chi connectivity index (χ3n) is 1.98. The second-order valence-electron chi connectivity index (χ2n) is 3.10. The molecule has 2 N–H and O–H groups in total. The van der Waals surface area contributed by atoms with Crippen LogP contribution in [0.15, 0.2) is 35.5 Å². The van der Waals surface area contributed by atoms with Crippen LogP contribution in [-0.2, 0) is 0 Å². The second kappa shape index (κ2) is 6.61. The van der Waals surface area contributed by atoms with Gasteiger partial charge in [0.05, 0.1) is 0 Å². The van der Waals surface area contributed by atoms with Crippen molar-refractivity contribution >= 4 is 23.3 Å². The lowest BCUT2D eigenvalue weighted by Crippen LogP contribution is -2.10. The molecule has 82 valence electrons. The van der Waals surface area contributed by atoms with Gasteiger partial charge in [-0.2, -0.15) is 0 Å². The van der Waals surface area contributed by atoms with Crippen molar-refractivity contribution in [2.24, 2.45) is 10.8 Å². The van der Waals surface area contributed by atoms with E-state index in [9.17, 15) is 0 Å². The van der Waals surface area contributed by atoms with Gasteiger partial charge in [-0.05, 0) is 17.5 Å². The number of nitrogens with zero attached hydrogens (tertiary/aromatic N) is 3. The molecule has 0 aliphatic carbocycles. The first-order valence-corrected chi connectivity index (χ1v) is 5.22. The number of nitrogens with two attached hydrogens (primary N) is 1. The van der Waals surface area contributed by atoms with Gasteiger partial charge in [-0.15, -0.1) is 0 Å². The molecular formula is C11H12N4S. The number of azide groups is 1. The summed E-state index contributed by atoms with van der Waals surface area (Å²) in [5.41, 5.74) is 15.5. The summed E-state index contributed by atoms with van der Waals surface area (Å²) in [7, 11) is 0. The Hall–Kier alpha value is -1.84. The topological polar surface area (TPSA) is 74.8 Å². The molecule has 0 amide bonds. The van der Waals surface area contributed by atoms with E-state index in [-0.39, 0.29) is 0 Å². The third-order valence-corrected chi connectivity index (χ3v) is 2.20. The van der Waals surface area contributed by atoms with Gasteiger partial charge in [0.25, 0.3) is 0 Å². The minimum atomic E-state index is 0.385. The number of hydrogen-bond donors (Lipinski definition) is 1. The molecule has 0 aromatic heterocycles. The molecular weight excluding hydrogens is 220 g/mol. The van der Waals surface area contributed by atoms with Crippen molar-refractivity contribution in [2.75, 3.05) is 6.54 Å². The van der Waals surface area contributed by atoms with Crippen molar-refractivity contribution in [2.45, 2.75) is 6.42 Å². The van der Waals surface area contributed by atoms with Gasteiger partial charge in [-0.25, -0.2) is 0 Å². The van der Waals surface area contributed by atoms with Crippen LogP contribution in [0.25, 0.3) is 16.5 Å². The van der Waals surface area contributed by atoms with Crippen molar-refractivity contribution in [3.63, 3.8) is 0 Å². The molecule has 0 saturated carbocycles. The fraction of sp³-hybridized carbons (Fsp3) is 0.182. The first-order chi connectivity index (χ1) is 7.75. The number of thiocarbonyl (C=S) groups is 1. The quantitative estimate of drug-likeness (QED) is 0.278. The van der Waals surface area contributed by atoms with E-state index in [1.807, 2.05) is 36.4 Å². The van der Waals surface area contributed by atoms with Crippen LogP contribution in [0.5, 0.6) is 0 Å². The van der Waals surface area contributed by atoms with Crippen LogP contribution in [0.4, 0.5) is 0 Å². The van der Waals surface area contributed by atoms with E-state index >= 15 is 0 Å². The Balaban J connectivity index is 2.72. The van der Waals surface area contributed by atoms with Crippen molar-refractivity contribution in [1.82, 2.24) is 0 Å². The highest BCUT2D eigenvalue weighted by Gasteiger charge is 1.99. The Morgan fingerprint density at radius 2 is 2.25 bits per heavy atom. The van der Waals surface area contributed by atoms with Crippen LogP contribution in [0.1, 0.15) is 17.5 Å². The Labute approximate surface area is 99.4 Å². The molecule has 0 unspecified atom stereocenters. The maximum absolute atomic E-state index is 8.10. The first kappa shape index (κ1) is 12.2. The molecule has 0 spiro atoms. The third kappa shape index (κ3) is 3.73. The minimum Gasteiger partial charge on any atom is -0.389 e. The zero-order valence-corrected chi connectivity index (χ0v) is 9.52. The van der Waals surface area contributed by atoms with E-state index in [0.29, 0.717) is 18.0 Å². The van der Waals surface area contributed by atoms with Crippen molar-refractivity contribution in [1.29, 1.82) is 0 Å². The highest BCUT2D eigenvalue weighted by atomic mass is 32.1. The molecule has 0 aliphatic rings. The predicted octanol–water partition coefficient (Wildman–Crippen LogP) is 3.03. The van der Waals surface area contributed by atoms with Gasteiger partial charge in [0.1, 0.15) is 4.99 Å². The highest BCUT2D eigenvalue weighted by molar-refractivity contribution is 7.80. The predicted molar refractivity (Wildman–Crippen MR) is 70.0 cm³/mol. The summed E-state index contributed by atoms with van der Waals surface area (Å²) in [5, 5.41) is 3.44. The molecule has 0 saturated heterocycles. The smallest absolute Gasteiger partial charge is 0.104 e. The van der Waals surface area contributed by atoms with Crippen LogP contribution in [0, 0.1) is 0 Å². The average molecular weight is 232 g/mol. The summed E-state index contributed by atoms with van der Waals surface area (Å²) in [6.07, 6.45) is 4.57. The minimum absolute atomic E-state index is 0.385. The second-order valence-corrected chi connectivity index (χ2v) is 3.54. The summed E-state index contributed by atoms with van der Waals surface area (Å²) >= 11 is 4.95. The average Bonchev–Trinajstić information content (AvgIpc) is 2.29. The van der Waals surface area contributed by atoms with E-state index in [1.165, 1.54) is 0 Å². The maximum Gasteiger partial charge on any atom is 0.104 e. The van der Waals surface area contributed by atoms with Crippen LogP contribution in [0.2, 0.25) is 0 Å². The zero-order valence-electron chi connectivity index (χ0n) is 8.71. The molecule has 4 nitrogen and oxygen atoms in total. The lowest BCUT2D eigenvalue weighted by atomic mass is 10.1. The number of rotatable bonds is 5. The van der Waals surface area contributed by atoms with Gasteiger partial charge in [0.2, 0.25) is 0 Å². The summed E-state index contributed by atoms with van der Waals surface area (Å²) in [6, 6.07) is 7.65. The van der Waals surface area contributed by atoms with Gasteiger partial charge < -0.3 is 5.73 Å². The van der Waals surface area contributed by atoms with Crippen molar-refractivity contribution in [3.8, 4) is 0 Å². The fourth-order valence-corrected chi connectivity index (χ4v) is 1.44. The monoisotopic (exact) mass is 232 g/mol. The molecule has 16 heavy (non-hydrogen) atoms. The van der Waals surface area contributed by atoms with E-state index in [0.717, 1.165) is 11.1 Å². The van der Waals surface area contributed by atoms with Crippen molar-refractivity contribution < 1.29 is 0 Å². The summed E-state index contributed by atoms with van der Waals surface area (Å²) < 4.78 is 0. The van der Waals surface area contributed by atoms with Gasteiger partial charge in [0, 0.05) is 17.0 Å². The van der Waals surface area contributed by atoms with E-state index in [2.05, 4.69) is 10.0 Å². The molecule has 0 atom stereocenters. The Morgan fingerprint density at radius 1 is 1.50 bits per heavy atom. The molecule has 0 heterocycles. The van der Waals surface area contributed by atoms with E-state index in [1.54, 1.807) is 0 Å². The standard InChI is InChI=1S/C11H12N4S/c12-11(16)10-7-2-1-5-9(10)6-3-4-8-14-15-13/h1-3,5-7H,4,8H2,(H2,12,16). The zero-order chi connectivity index (χ0) is 11.8. The van der Waals surface area contributed by atoms with E-state index in [4.69, 9.17) is 23.5 Å². The normalized spacial score (nSPS) is 10.0. The lowest BCUT2D eigenvalue weighted by molar-refractivity contribution is 0.995. The van der Waals surface area contributed by atoms with Crippen LogP contribution < -0.4 is 5.73 Å². The highest BCUT2D eigenvalue weighted by Crippen LogP contribution is 2.10. The van der Waals surface area contributed by atoms with Crippen LogP contribution in [-0.4, -0.2) is 11.5 Å². The molecule has 0 radical (unpaired) electrons.